The van der Waals surface area contributed by atoms with Crippen LogP contribution in [0.3, 0.4) is 0 Å². The highest BCUT2D eigenvalue weighted by Crippen LogP contribution is 2.36. The van der Waals surface area contributed by atoms with Crippen molar-refractivity contribution < 1.29 is 24.2 Å². The van der Waals surface area contributed by atoms with E-state index >= 15 is 0 Å². The summed E-state index contributed by atoms with van der Waals surface area (Å²) in [4.78, 5) is 23.4. The predicted octanol–water partition coefficient (Wildman–Crippen LogP) is 3.37. The molecule has 0 radical (unpaired) electrons. The Morgan fingerprint density at radius 3 is 2.46 bits per heavy atom. The number of nitrogens with one attached hydrogen (secondary N) is 1. The number of rotatable bonds is 8. The molecular formula is C17H24ClNO5. The van der Waals surface area contributed by atoms with Crippen molar-refractivity contribution in [2.75, 3.05) is 13.7 Å². The molecule has 0 atom stereocenters. The molecule has 1 aromatic rings. The number of carboxylic acid groups (broad SMARTS) is 1. The summed E-state index contributed by atoms with van der Waals surface area (Å²) < 4.78 is 10.9. The summed E-state index contributed by atoms with van der Waals surface area (Å²) in [5.74, 6) is -0.518. The summed E-state index contributed by atoms with van der Waals surface area (Å²) >= 11 is 6.21. The fourth-order valence-corrected chi connectivity index (χ4v) is 2.06. The highest BCUT2D eigenvalue weighted by molar-refractivity contribution is 6.32. The molecule has 0 aromatic heterocycles. The van der Waals surface area contributed by atoms with Gasteiger partial charge in [-0.25, -0.2) is 4.79 Å². The average Bonchev–Trinajstić information content (AvgIpc) is 2.47. The van der Waals surface area contributed by atoms with E-state index in [-0.39, 0.29) is 10.6 Å². The standard InChI is InChI=1S/C17H24ClNO5/c1-10(2)6-7-24-14-12(18)8-11(9-13(14)23-5)15(20)19-17(3,4)16(21)22/h8-10H,6-7H2,1-5H3,(H,19,20)(H,21,22). The molecule has 24 heavy (non-hydrogen) atoms. The molecule has 0 aliphatic heterocycles. The first-order valence-corrected chi connectivity index (χ1v) is 8.02. The quantitative estimate of drug-likeness (QED) is 0.745. The van der Waals surface area contributed by atoms with Gasteiger partial charge < -0.3 is 19.9 Å². The average molecular weight is 358 g/mol. The largest absolute Gasteiger partial charge is 0.493 e. The molecule has 0 unspecified atom stereocenters. The van der Waals surface area contributed by atoms with E-state index in [0.29, 0.717) is 24.0 Å². The molecule has 0 fully saturated rings. The molecule has 0 saturated heterocycles. The van der Waals surface area contributed by atoms with Gasteiger partial charge in [-0.1, -0.05) is 25.4 Å². The molecular weight excluding hydrogens is 334 g/mol. The normalized spacial score (nSPS) is 11.3. The molecule has 0 bridgehead atoms. The monoisotopic (exact) mass is 357 g/mol. The predicted molar refractivity (Wildman–Crippen MR) is 92.1 cm³/mol. The van der Waals surface area contributed by atoms with E-state index < -0.39 is 17.4 Å². The number of carbonyl (C=O) groups is 2. The SMILES string of the molecule is COc1cc(C(=O)NC(C)(C)C(=O)O)cc(Cl)c1OCCC(C)C. The number of methoxy groups -OCH3 is 1. The van der Waals surface area contributed by atoms with Crippen LogP contribution in [0.15, 0.2) is 12.1 Å². The van der Waals surface area contributed by atoms with Crippen LogP contribution in [0, 0.1) is 5.92 Å². The zero-order valence-electron chi connectivity index (χ0n) is 14.6. The Kier molecular flexibility index (Phi) is 6.90. The molecule has 0 heterocycles. The van der Waals surface area contributed by atoms with Crippen molar-refractivity contribution in [1.29, 1.82) is 0 Å². The van der Waals surface area contributed by atoms with Crippen molar-refractivity contribution in [1.82, 2.24) is 5.32 Å². The highest BCUT2D eigenvalue weighted by Gasteiger charge is 2.30. The molecule has 134 valence electrons. The Morgan fingerprint density at radius 2 is 1.96 bits per heavy atom. The van der Waals surface area contributed by atoms with Crippen molar-refractivity contribution >= 4 is 23.5 Å². The minimum absolute atomic E-state index is 0.197. The number of hydrogen-bond donors (Lipinski definition) is 2. The van der Waals surface area contributed by atoms with E-state index in [1.165, 1.54) is 33.1 Å². The second-order valence-electron chi connectivity index (χ2n) is 6.40. The van der Waals surface area contributed by atoms with Gasteiger partial charge in [-0.2, -0.15) is 0 Å². The number of ether oxygens (including phenoxy) is 2. The van der Waals surface area contributed by atoms with Gasteiger partial charge in [0.15, 0.2) is 11.5 Å². The third-order valence-electron chi connectivity index (χ3n) is 3.39. The minimum Gasteiger partial charge on any atom is -0.493 e. The fourth-order valence-electron chi connectivity index (χ4n) is 1.80. The van der Waals surface area contributed by atoms with E-state index in [9.17, 15) is 9.59 Å². The Hall–Kier alpha value is -1.95. The summed E-state index contributed by atoms with van der Waals surface area (Å²) in [5, 5.41) is 11.8. The Bertz CT molecular complexity index is 613. The Balaban J connectivity index is 3.01. The fraction of sp³-hybridized carbons (Fsp3) is 0.529. The number of halogens is 1. The van der Waals surface area contributed by atoms with E-state index in [4.69, 9.17) is 26.2 Å². The maximum absolute atomic E-state index is 12.3. The maximum atomic E-state index is 12.3. The molecule has 1 amide bonds. The van der Waals surface area contributed by atoms with Crippen LogP contribution in [0.5, 0.6) is 11.5 Å². The van der Waals surface area contributed by atoms with Gasteiger partial charge in [0, 0.05) is 5.56 Å². The van der Waals surface area contributed by atoms with E-state index in [1.807, 2.05) is 0 Å². The van der Waals surface area contributed by atoms with Crippen molar-refractivity contribution in [2.24, 2.45) is 5.92 Å². The van der Waals surface area contributed by atoms with Gasteiger partial charge in [0.05, 0.1) is 18.7 Å². The third-order valence-corrected chi connectivity index (χ3v) is 3.67. The van der Waals surface area contributed by atoms with Crippen LogP contribution in [0.1, 0.15) is 44.5 Å². The van der Waals surface area contributed by atoms with Crippen LogP contribution in [0.2, 0.25) is 5.02 Å². The molecule has 1 rings (SSSR count). The number of carboxylic acids is 1. The van der Waals surface area contributed by atoms with Crippen molar-refractivity contribution in [3.63, 3.8) is 0 Å². The molecule has 1 aromatic carbocycles. The van der Waals surface area contributed by atoms with Crippen LogP contribution in [0.25, 0.3) is 0 Å². The molecule has 2 N–H and O–H groups in total. The van der Waals surface area contributed by atoms with Crippen LogP contribution >= 0.6 is 11.6 Å². The molecule has 0 aliphatic carbocycles. The molecule has 7 heteroatoms. The lowest BCUT2D eigenvalue weighted by Crippen LogP contribution is -2.49. The Labute approximate surface area is 147 Å². The van der Waals surface area contributed by atoms with Gasteiger partial charge in [0.1, 0.15) is 5.54 Å². The smallest absolute Gasteiger partial charge is 0.328 e. The lowest BCUT2D eigenvalue weighted by molar-refractivity contribution is -0.143. The summed E-state index contributed by atoms with van der Waals surface area (Å²) in [5.41, 5.74) is -1.20. The lowest BCUT2D eigenvalue weighted by atomic mass is 10.0. The third kappa shape index (κ3) is 5.30. The summed E-state index contributed by atoms with van der Waals surface area (Å²) in [7, 11) is 1.45. The topological polar surface area (TPSA) is 84.9 Å². The summed E-state index contributed by atoms with van der Waals surface area (Å²) in [6.07, 6.45) is 0.856. The Morgan fingerprint density at radius 1 is 1.33 bits per heavy atom. The lowest BCUT2D eigenvalue weighted by Gasteiger charge is -2.21. The van der Waals surface area contributed by atoms with Crippen molar-refractivity contribution in [3.05, 3.63) is 22.7 Å². The van der Waals surface area contributed by atoms with Gasteiger partial charge in [0.2, 0.25) is 0 Å². The molecule has 6 nitrogen and oxygen atoms in total. The first kappa shape index (κ1) is 20.1. The van der Waals surface area contributed by atoms with Gasteiger partial charge in [-0.3, -0.25) is 4.79 Å². The molecule has 0 saturated carbocycles. The summed E-state index contributed by atoms with van der Waals surface area (Å²) in [6, 6.07) is 2.91. The molecule has 0 aliphatic rings. The second kappa shape index (κ2) is 8.24. The first-order valence-electron chi connectivity index (χ1n) is 7.64. The van der Waals surface area contributed by atoms with E-state index in [0.717, 1.165) is 6.42 Å². The van der Waals surface area contributed by atoms with E-state index in [2.05, 4.69) is 19.2 Å². The zero-order chi connectivity index (χ0) is 18.5. The summed E-state index contributed by atoms with van der Waals surface area (Å²) in [6.45, 7) is 7.44. The van der Waals surface area contributed by atoms with Gasteiger partial charge >= 0.3 is 5.97 Å². The van der Waals surface area contributed by atoms with Crippen LogP contribution in [0.4, 0.5) is 0 Å². The number of benzene rings is 1. The highest BCUT2D eigenvalue weighted by atomic mass is 35.5. The number of aliphatic carboxylic acids is 1. The minimum atomic E-state index is -1.40. The van der Waals surface area contributed by atoms with Gasteiger partial charge in [-0.15, -0.1) is 0 Å². The number of amides is 1. The van der Waals surface area contributed by atoms with Crippen LogP contribution < -0.4 is 14.8 Å². The van der Waals surface area contributed by atoms with Crippen LogP contribution in [-0.2, 0) is 4.79 Å². The van der Waals surface area contributed by atoms with Gasteiger partial charge in [0.25, 0.3) is 5.91 Å². The number of carbonyl (C=O) groups excluding carboxylic acids is 1. The van der Waals surface area contributed by atoms with E-state index in [1.54, 1.807) is 0 Å². The first-order chi connectivity index (χ1) is 11.1. The maximum Gasteiger partial charge on any atom is 0.328 e. The van der Waals surface area contributed by atoms with Crippen LogP contribution in [-0.4, -0.2) is 36.2 Å². The van der Waals surface area contributed by atoms with Crippen molar-refractivity contribution in [2.45, 2.75) is 39.7 Å². The number of hydrogen-bond acceptors (Lipinski definition) is 4. The van der Waals surface area contributed by atoms with Crippen molar-refractivity contribution in [3.8, 4) is 11.5 Å². The second-order valence-corrected chi connectivity index (χ2v) is 6.81. The zero-order valence-corrected chi connectivity index (χ0v) is 15.4. The van der Waals surface area contributed by atoms with Gasteiger partial charge in [-0.05, 0) is 38.3 Å². The molecule has 0 spiro atoms.